The van der Waals surface area contributed by atoms with Gasteiger partial charge in [-0.05, 0) is 56.0 Å². The molecule has 3 aromatic rings. The number of aryl methyl sites for hydroxylation is 1. The molecule has 5 heteroatoms. The van der Waals surface area contributed by atoms with Gasteiger partial charge in [-0.2, -0.15) is 0 Å². The lowest BCUT2D eigenvalue weighted by Crippen LogP contribution is -2.07. The monoisotopic (exact) mass is 381 g/mol. The first-order valence-electron chi connectivity index (χ1n) is 9.54. The van der Waals surface area contributed by atoms with E-state index < -0.39 is 0 Å². The fourth-order valence-electron chi connectivity index (χ4n) is 3.25. The molecule has 0 fully saturated rings. The van der Waals surface area contributed by atoms with Gasteiger partial charge in [0.15, 0.2) is 0 Å². The number of anilines is 1. The third kappa shape index (κ3) is 4.30. The molecule has 0 saturated carbocycles. The van der Waals surface area contributed by atoms with Gasteiger partial charge < -0.3 is 10.5 Å². The Morgan fingerprint density at radius 3 is 2.52 bits per heavy atom. The summed E-state index contributed by atoms with van der Waals surface area (Å²) in [5.74, 6) is 0.707. The third-order valence-electron chi connectivity index (χ3n) is 4.42. The summed E-state index contributed by atoms with van der Waals surface area (Å²) in [5, 5.41) is 10.7. The quantitative estimate of drug-likeness (QED) is 0.529. The number of hydrogen-bond donors (Lipinski definition) is 1. The van der Waals surface area contributed by atoms with Crippen molar-refractivity contribution in [2.75, 3.05) is 5.73 Å². The van der Waals surface area contributed by atoms with Crippen LogP contribution >= 0.6 is 11.3 Å². The van der Waals surface area contributed by atoms with Crippen molar-refractivity contribution in [3.63, 3.8) is 0 Å². The molecule has 0 aliphatic carbocycles. The number of nitrogens with zero attached hydrogens (tertiary/aromatic N) is 2. The largest absolute Gasteiger partial charge is 0.489 e. The molecule has 4 nitrogen and oxygen atoms in total. The zero-order chi connectivity index (χ0) is 19.4. The molecule has 27 heavy (non-hydrogen) atoms. The Bertz CT molecular complexity index is 918. The van der Waals surface area contributed by atoms with E-state index in [0.717, 1.165) is 34.8 Å². The molecule has 0 atom stereocenters. The van der Waals surface area contributed by atoms with E-state index in [4.69, 9.17) is 10.5 Å². The minimum Gasteiger partial charge on any atom is -0.489 e. The molecule has 1 heterocycles. The fraction of sp³-hybridized carbons (Fsp3) is 0.364. The van der Waals surface area contributed by atoms with Crippen LogP contribution in [0, 0.1) is 0 Å². The highest BCUT2D eigenvalue weighted by Gasteiger charge is 2.15. The first-order valence-corrected chi connectivity index (χ1v) is 10.4. The molecule has 2 aromatic carbocycles. The standard InChI is InChI=1S/C22H27N3OS/c1-5-8-15-9-7-10-18(17(15)6-2)22-25-24-21(27-22)16-11-12-20(19(23)13-16)26-14(3)4/h7,9-14H,5-6,8,23H2,1-4H3. The maximum absolute atomic E-state index is 6.16. The number of hydrogen-bond acceptors (Lipinski definition) is 5. The Morgan fingerprint density at radius 1 is 1.07 bits per heavy atom. The van der Waals surface area contributed by atoms with Crippen LogP contribution in [0.3, 0.4) is 0 Å². The van der Waals surface area contributed by atoms with Gasteiger partial charge in [0, 0.05) is 11.1 Å². The van der Waals surface area contributed by atoms with E-state index in [1.807, 2.05) is 32.0 Å². The molecule has 0 aliphatic heterocycles. The van der Waals surface area contributed by atoms with Gasteiger partial charge in [-0.3, -0.25) is 0 Å². The number of aromatic nitrogens is 2. The second-order valence-corrected chi connectivity index (χ2v) is 7.86. The molecule has 1 aromatic heterocycles. The van der Waals surface area contributed by atoms with Gasteiger partial charge in [0.2, 0.25) is 0 Å². The maximum Gasteiger partial charge on any atom is 0.148 e. The van der Waals surface area contributed by atoms with E-state index in [0.29, 0.717) is 11.4 Å². The molecule has 0 spiro atoms. The van der Waals surface area contributed by atoms with Gasteiger partial charge in [-0.1, -0.05) is 49.8 Å². The molecule has 0 aliphatic rings. The van der Waals surface area contributed by atoms with E-state index in [-0.39, 0.29) is 6.10 Å². The molecule has 0 saturated heterocycles. The topological polar surface area (TPSA) is 61.0 Å². The minimum absolute atomic E-state index is 0.0918. The van der Waals surface area contributed by atoms with Crippen LogP contribution in [0.2, 0.25) is 0 Å². The Balaban J connectivity index is 1.94. The highest BCUT2D eigenvalue weighted by molar-refractivity contribution is 7.17. The lowest BCUT2D eigenvalue weighted by atomic mass is 9.96. The molecular weight excluding hydrogens is 354 g/mol. The van der Waals surface area contributed by atoms with Crippen LogP contribution in [0.1, 0.15) is 45.2 Å². The van der Waals surface area contributed by atoms with Crippen LogP contribution < -0.4 is 10.5 Å². The predicted octanol–water partition coefficient (Wildman–Crippen LogP) is 5.76. The second-order valence-electron chi connectivity index (χ2n) is 6.88. The summed E-state index contributed by atoms with van der Waals surface area (Å²) >= 11 is 1.61. The fourth-order valence-corrected chi connectivity index (χ4v) is 4.14. The number of nitrogens with two attached hydrogens (primary N) is 1. The average Bonchev–Trinajstić information content (AvgIpc) is 3.13. The second kappa shape index (κ2) is 8.53. The van der Waals surface area contributed by atoms with Crippen LogP contribution in [-0.4, -0.2) is 16.3 Å². The van der Waals surface area contributed by atoms with E-state index in [1.165, 1.54) is 16.7 Å². The Morgan fingerprint density at radius 2 is 1.85 bits per heavy atom. The Kier molecular flexibility index (Phi) is 6.11. The number of ether oxygens (including phenoxy) is 1. The molecular formula is C22H27N3OS. The van der Waals surface area contributed by atoms with E-state index in [2.05, 4.69) is 42.2 Å². The smallest absolute Gasteiger partial charge is 0.148 e. The van der Waals surface area contributed by atoms with Crippen LogP contribution in [0.5, 0.6) is 5.75 Å². The summed E-state index contributed by atoms with van der Waals surface area (Å²) in [5.41, 5.74) is 11.7. The van der Waals surface area contributed by atoms with Crippen LogP contribution in [0.25, 0.3) is 21.1 Å². The van der Waals surface area contributed by atoms with E-state index in [1.54, 1.807) is 11.3 Å². The van der Waals surface area contributed by atoms with Crippen LogP contribution in [0.4, 0.5) is 5.69 Å². The molecule has 0 unspecified atom stereocenters. The molecule has 0 amide bonds. The van der Waals surface area contributed by atoms with Gasteiger partial charge >= 0.3 is 0 Å². The highest BCUT2D eigenvalue weighted by Crippen LogP contribution is 2.35. The average molecular weight is 382 g/mol. The van der Waals surface area contributed by atoms with Gasteiger partial charge in [0.1, 0.15) is 15.8 Å². The van der Waals surface area contributed by atoms with Crippen molar-refractivity contribution in [1.82, 2.24) is 10.2 Å². The molecule has 2 N–H and O–H groups in total. The third-order valence-corrected chi connectivity index (χ3v) is 5.43. The van der Waals surface area contributed by atoms with Crippen LogP contribution in [0.15, 0.2) is 36.4 Å². The highest BCUT2D eigenvalue weighted by atomic mass is 32.1. The predicted molar refractivity (Wildman–Crippen MR) is 114 cm³/mol. The summed E-state index contributed by atoms with van der Waals surface area (Å²) < 4.78 is 5.72. The summed E-state index contributed by atoms with van der Waals surface area (Å²) in [6, 6.07) is 12.3. The lowest BCUT2D eigenvalue weighted by Gasteiger charge is -2.12. The summed E-state index contributed by atoms with van der Waals surface area (Å²) in [4.78, 5) is 0. The van der Waals surface area contributed by atoms with Crippen molar-refractivity contribution < 1.29 is 4.74 Å². The van der Waals surface area contributed by atoms with Gasteiger partial charge in [-0.15, -0.1) is 10.2 Å². The normalized spacial score (nSPS) is 11.1. The zero-order valence-corrected chi connectivity index (χ0v) is 17.3. The number of nitrogen functional groups attached to an aromatic ring is 1. The summed E-state index contributed by atoms with van der Waals surface area (Å²) in [7, 11) is 0. The van der Waals surface area contributed by atoms with E-state index >= 15 is 0 Å². The van der Waals surface area contributed by atoms with Crippen LogP contribution in [-0.2, 0) is 12.8 Å². The molecule has 142 valence electrons. The Labute approximate surface area is 165 Å². The Hall–Kier alpha value is -2.40. The first-order chi connectivity index (χ1) is 13.0. The lowest BCUT2D eigenvalue weighted by molar-refractivity contribution is 0.244. The zero-order valence-electron chi connectivity index (χ0n) is 16.5. The van der Waals surface area contributed by atoms with Crippen molar-refractivity contribution in [3.8, 4) is 26.9 Å². The van der Waals surface area contributed by atoms with Crippen molar-refractivity contribution in [3.05, 3.63) is 47.5 Å². The van der Waals surface area contributed by atoms with Crippen molar-refractivity contribution in [2.45, 2.75) is 53.1 Å². The summed E-state index contributed by atoms with van der Waals surface area (Å²) in [6.07, 6.45) is 3.32. The van der Waals surface area contributed by atoms with Crippen molar-refractivity contribution >= 4 is 17.0 Å². The number of rotatable bonds is 7. The first kappa shape index (κ1) is 19.4. The molecule has 0 radical (unpaired) electrons. The van der Waals surface area contributed by atoms with Crippen molar-refractivity contribution in [1.29, 1.82) is 0 Å². The maximum atomic E-state index is 6.16. The molecule has 3 rings (SSSR count). The van der Waals surface area contributed by atoms with Gasteiger partial charge in [0.05, 0.1) is 11.8 Å². The summed E-state index contributed by atoms with van der Waals surface area (Å²) in [6.45, 7) is 8.39. The van der Waals surface area contributed by atoms with Crippen molar-refractivity contribution in [2.24, 2.45) is 0 Å². The van der Waals surface area contributed by atoms with E-state index in [9.17, 15) is 0 Å². The number of benzene rings is 2. The minimum atomic E-state index is 0.0918. The van der Waals surface area contributed by atoms with Gasteiger partial charge in [-0.25, -0.2) is 0 Å². The molecule has 0 bridgehead atoms. The van der Waals surface area contributed by atoms with Gasteiger partial charge in [0.25, 0.3) is 0 Å². The SMILES string of the molecule is CCCc1cccc(-c2nnc(-c3ccc(OC(C)C)c(N)c3)s2)c1CC.